The van der Waals surface area contributed by atoms with Crippen molar-refractivity contribution >= 4 is 5.91 Å². The van der Waals surface area contributed by atoms with E-state index in [1.807, 2.05) is 38.1 Å². The number of carbonyl (C=O) groups is 1. The predicted molar refractivity (Wildman–Crippen MR) is 97.8 cm³/mol. The lowest BCUT2D eigenvalue weighted by Crippen LogP contribution is -2.42. The van der Waals surface area contributed by atoms with E-state index in [9.17, 15) is 4.79 Å². The Morgan fingerprint density at radius 2 is 1.88 bits per heavy atom. The van der Waals surface area contributed by atoms with Crippen LogP contribution in [0.15, 0.2) is 36.4 Å². The third-order valence-electron chi connectivity index (χ3n) is 5.18. The Morgan fingerprint density at radius 1 is 1.21 bits per heavy atom. The summed E-state index contributed by atoms with van der Waals surface area (Å²) in [5.41, 5.74) is 4.14. The third kappa shape index (κ3) is 3.39. The summed E-state index contributed by atoms with van der Waals surface area (Å²) in [7, 11) is 0. The zero-order chi connectivity index (χ0) is 17.2. The Bertz CT molecular complexity index is 712. The minimum Gasteiger partial charge on any atom is -0.351 e. The Hall–Kier alpha value is -2.07. The average molecular weight is 325 g/mol. The van der Waals surface area contributed by atoms with Crippen molar-refractivity contribution in [3.8, 4) is 5.69 Å². The van der Waals surface area contributed by atoms with E-state index < -0.39 is 0 Å². The van der Waals surface area contributed by atoms with Gasteiger partial charge in [0, 0.05) is 23.6 Å². The Labute approximate surface area is 144 Å². The summed E-state index contributed by atoms with van der Waals surface area (Å²) >= 11 is 0. The second-order valence-electron chi connectivity index (χ2n) is 7.20. The lowest BCUT2D eigenvalue weighted by Gasteiger charge is -2.34. The van der Waals surface area contributed by atoms with E-state index in [4.69, 9.17) is 0 Å². The highest BCUT2D eigenvalue weighted by Gasteiger charge is 2.27. The number of hydrogen-bond donors (Lipinski definition) is 2. The van der Waals surface area contributed by atoms with Crippen LogP contribution in [0, 0.1) is 19.3 Å². The molecule has 0 atom stereocenters. The van der Waals surface area contributed by atoms with Gasteiger partial charge in [-0.3, -0.25) is 4.79 Å². The predicted octanol–water partition coefficient (Wildman–Crippen LogP) is 3.21. The molecule has 0 spiro atoms. The SMILES string of the molecule is Cc1cc(C(=O)NCC2(C)CCNCC2)c(C)n1-c1ccccc1. The number of amides is 1. The number of aromatic nitrogens is 1. The van der Waals surface area contributed by atoms with Gasteiger partial charge in [0.15, 0.2) is 0 Å². The van der Waals surface area contributed by atoms with Crippen LogP contribution in [0.3, 0.4) is 0 Å². The van der Waals surface area contributed by atoms with Crippen molar-refractivity contribution in [2.24, 2.45) is 5.41 Å². The lowest BCUT2D eigenvalue weighted by atomic mass is 9.81. The molecule has 1 saturated heterocycles. The van der Waals surface area contributed by atoms with E-state index in [0.29, 0.717) is 0 Å². The number of piperidine rings is 1. The number of benzene rings is 1. The molecule has 1 aromatic heterocycles. The van der Waals surface area contributed by atoms with Crippen LogP contribution in [0.5, 0.6) is 0 Å². The zero-order valence-corrected chi connectivity index (χ0v) is 14.9. The van der Waals surface area contributed by atoms with Crippen molar-refractivity contribution < 1.29 is 4.79 Å². The number of para-hydroxylation sites is 1. The largest absolute Gasteiger partial charge is 0.351 e. The normalized spacial score (nSPS) is 16.8. The summed E-state index contributed by atoms with van der Waals surface area (Å²) in [5, 5.41) is 6.54. The van der Waals surface area contributed by atoms with Gasteiger partial charge in [-0.25, -0.2) is 0 Å². The maximum absolute atomic E-state index is 12.7. The van der Waals surface area contributed by atoms with Gasteiger partial charge in [0.25, 0.3) is 5.91 Å². The van der Waals surface area contributed by atoms with Crippen LogP contribution in [-0.2, 0) is 0 Å². The molecule has 4 nitrogen and oxygen atoms in total. The van der Waals surface area contributed by atoms with Crippen LogP contribution in [0.2, 0.25) is 0 Å². The van der Waals surface area contributed by atoms with Crippen LogP contribution < -0.4 is 10.6 Å². The number of hydrogen-bond acceptors (Lipinski definition) is 2. The van der Waals surface area contributed by atoms with Crippen molar-refractivity contribution in [1.29, 1.82) is 0 Å². The van der Waals surface area contributed by atoms with Crippen LogP contribution in [-0.4, -0.2) is 30.1 Å². The van der Waals surface area contributed by atoms with Gasteiger partial charge < -0.3 is 15.2 Å². The smallest absolute Gasteiger partial charge is 0.253 e. The highest BCUT2D eigenvalue weighted by molar-refractivity contribution is 5.96. The van der Waals surface area contributed by atoms with Gasteiger partial charge in [-0.15, -0.1) is 0 Å². The molecule has 0 aliphatic carbocycles. The van der Waals surface area contributed by atoms with Crippen molar-refractivity contribution in [3.05, 3.63) is 53.3 Å². The summed E-state index contributed by atoms with van der Waals surface area (Å²) in [4.78, 5) is 12.7. The van der Waals surface area contributed by atoms with E-state index in [0.717, 1.165) is 55.1 Å². The second kappa shape index (κ2) is 6.81. The summed E-state index contributed by atoms with van der Waals surface area (Å²) < 4.78 is 2.14. The van der Waals surface area contributed by atoms with E-state index in [2.05, 4.69) is 34.3 Å². The van der Waals surface area contributed by atoms with Crippen molar-refractivity contribution in [2.75, 3.05) is 19.6 Å². The monoisotopic (exact) mass is 325 g/mol. The fourth-order valence-corrected chi connectivity index (χ4v) is 3.56. The van der Waals surface area contributed by atoms with E-state index in [1.165, 1.54) is 0 Å². The molecule has 0 unspecified atom stereocenters. The molecule has 3 rings (SSSR count). The summed E-state index contributed by atoms with van der Waals surface area (Å²) in [6, 6.07) is 12.2. The molecule has 4 heteroatoms. The first kappa shape index (κ1) is 16.8. The molecule has 1 aliphatic rings. The summed E-state index contributed by atoms with van der Waals surface area (Å²) in [6.07, 6.45) is 2.21. The molecule has 24 heavy (non-hydrogen) atoms. The standard InChI is InChI=1S/C20H27N3O/c1-15-13-18(16(2)23(15)17-7-5-4-6-8-17)19(24)22-14-20(3)9-11-21-12-10-20/h4-8,13,21H,9-12,14H2,1-3H3,(H,22,24). The van der Waals surface area contributed by atoms with Gasteiger partial charge in [-0.05, 0) is 63.4 Å². The molecule has 1 aliphatic heterocycles. The molecule has 2 aromatic rings. The van der Waals surface area contributed by atoms with Crippen LogP contribution in [0.4, 0.5) is 0 Å². The first-order valence-electron chi connectivity index (χ1n) is 8.73. The number of nitrogens with one attached hydrogen (secondary N) is 2. The van der Waals surface area contributed by atoms with Crippen LogP contribution in [0.1, 0.15) is 41.5 Å². The lowest BCUT2D eigenvalue weighted by molar-refractivity contribution is 0.0921. The number of aryl methyl sites for hydroxylation is 1. The second-order valence-corrected chi connectivity index (χ2v) is 7.20. The maximum Gasteiger partial charge on any atom is 0.253 e. The molecule has 0 bridgehead atoms. The molecule has 0 radical (unpaired) electrons. The molecule has 1 amide bonds. The van der Waals surface area contributed by atoms with E-state index in [-0.39, 0.29) is 11.3 Å². The Kier molecular flexibility index (Phi) is 4.76. The third-order valence-corrected chi connectivity index (χ3v) is 5.18. The zero-order valence-electron chi connectivity index (χ0n) is 14.9. The minimum absolute atomic E-state index is 0.0324. The topological polar surface area (TPSA) is 46.1 Å². The number of nitrogens with zero attached hydrogens (tertiary/aromatic N) is 1. The van der Waals surface area contributed by atoms with Gasteiger partial charge in [-0.2, -0.15) is 0 Å². The van der Waals surface area contributed by atoms with Crippen LogP contribution >= 0.6 is 0 Å². The molecule has 1 fully saturated rings. The molecular weight excluding hydrogens is 298 g/mol. The van der Waals surface area contributed by atoms with Crippen molar-refractivity contribution in [2.45, 2.75) is 33.6 Å². The summed E-state index contributed by atoms with van der Waals surface area (Å²) in [5.74, 6) is 0.0324. The highest BCUT2D eigenvalue weighted by atomic mass is 16.1. The Balaban J connectivity index is 1.76. The highest BCUT2D eigenvalue weighted by Crippen LogP contribution is 2.27. The number of carbonyl (C=O) groups excluding carboxylic acids is 1. The average Bonchev–Trinajstić information content (AvgIpc) is 2.89. The summed E-state index contributed by atoms with van der Waals surface area (Å²) in [6.45, 7) is 9.14. The first-order chi connectivity index (χ1) is 11.5. The van der Waals surface area contributed by atoms with E-state index >= 15 is 0 Å². The quantitative estimate of drug-likeness (QED) is 0.907. The van der Waals surface area contributed by atoms with Crippen LogP contribution in [0.25, 0.3) is 5.69 Å². The van der Waals surface area contributed by atoms with Gasteiger partial charge in [0.1, 0.15) is 0 Å². The first-order valence-corrected chi connectivity index (χ1v) is 8.73. The van der Waals surface area contributed by atoms with Crippen molar-refractivity contribution in [1.82, 2.24) is 15.2 Å². The molecule has 2 heterocycles. The fraction of sp³-hybridized carbons (Fsp3) is 0.450. The molecule has 1 aromatic carbocycles. The Morgan fingerprint density at radius 3 is 2.54 bits per heavy atom. The number of rotatable bonds is 4. The maximum atomic E-state index is 12.7. The fourth-order valence-electron chi connectivity index (χ4n) is 3.56. The van der Waals surface area contributed by atoms with Gasteiger partial charge >= 0.3 is 0 Å². The van der Waals surface area contributed by atoms with Gasteiger partial charge in [-0.1, -0.05) is 25.1 Å². The van der Waals surface area contributed by atoms with Crippen molar-refractivity contribution in [3.63, 3.8) is 0 Å². The minimum atomic E-state index is 0.0324. The van der Waals surface area contributed by atoms with Gasteiger partial charge in [0.05, 0.1) is 5.56 Å². The van der Waals surface area contributed by atoms with E-state index in [1.54, 1.807) is 0 Å². The molecule has 0 saturated carbocycles. The molecule has 2 N–H and O–H groups in total. The molecular formula is C20H27N3O. The molecule has 128 valence electrons. The van der Waals surface area contributed by atoms with Gasteiger partial charge in [0.2, 0.25) is 0 Å².